The minimum absolute atomic E-state index is 0.105. The molecule has 2 N–H and O–H groups in total. The summed E-state index contributed by atoms with van der Waals surface area (Å²) in [4.78, 5) is 17.7. The molecule has 118 valence electrons. The van der Waals surface area contributed by atoms with Gasteiger partial charge in [0.1, 0.15) is 0 Å². The lowest BCUT2D eigenvalue weighted by atomic mass is 9.89. The quantitative estimate of drug-likeness (QED) is 0.786. The Morgan fingerprint density at radius 2 is 2.24 bits per heavy atom. The van der Waals surface area contributed by atoms with Crippen molar-refractivity contribution in [3.8, 4) is 0 Å². The van der Waals surface area contributed by atoms with Gasteiger partial charge in [0, 0.05) is 5.38 Å². The number of hydrogen-bond donors (Lipinski definition) is 2. The van der Waals surface area contributed by atoms with Crippen molar-refractivity contribution in [2.75, 3.05) is 24.1 Å². The van der Waals surface area contributed by atoms with Crippen LogP contribution in [-0.4, -0.2) is 54.3 Å². The highest BCUT2D eigenvalue weighted by Crippen LogP contribution is 2.26. The topological polar surface area (TPSA) is 99.6 Å². The van der Waals surface area contributed by atoms with Gasteiger partial charge in [-0.1, -0.05) is 13.3 Å². The first-order valence-electron chi connectivity index (χ1n) is 6.63. The summed E-state index contributed by atoms with van der Waals surface area (Å²) >= 11 is 1.14. The largest absolute Gasteiger partial charge is 0.386 e. The Morgan fingerprint density at radius 3 is 2.81 bits per heavy atom. The summed E-state index contributed by atoms with van der Waals surface area (Å²) in [5.74, 6) is -0.105. The minimum Gasteiger partial charge on any atom is -0.386 e. The summed E-state index contributed by atoms with van der Waals surface area (Å²) in [5.41, 5.74) is -0.211. The van der Waals surface area contributed by atoms with E-state index in [1.165, 1.54) is 0 Å². The van der Waals surface area contributed by atoms with Crippen LogP contribution in [0.3, 0.4) is 0 Å². The van der Waals surface area contributed by atoms with E-state index < -0.39 is 15.6 Å². The Bertz CT molecular complexity index is 620. The first-order valence-corrected chi connectivity index (χ1v) is 9.40. The molecule has 9 heteroatoms. The third kappa shape index (κ3) is 4.39. The van der Waals surface area contributed by atoms with Gasteiger partial charge in [0.2, 0.25) is 15.9 Å². The van der Waals surface area contributed by atoms with Gasteiger partial charge in [-0.25, -0.2) is 13.4 Å². The Labute approximate surface area is 128 Å². The number of anilines is 1. The molecule has 2 rings (SSSR count). The van der Waals surface area contributed by atoms with Crippen LogP contribution in [0.1, 0.15) is 25.5 Å². The van der Waals surface area contributed by atoms with Crippen molar-refractivity contribution in [1.29, 1.82) is 0 Å². The lowest BCUT2D eigenvalue weighted by Gasteiger charge is -2.46. The van der Waals surface area contributed by atoms with Crippen molar-refractivity contribution >= 4 is 32.4 Å². The standard InChI is InChI=1S/C12H19N3O4S2/c1-3-4-12(17)7-15(8-12)10(16)5-9-6-20-11(13-9)14-21(2,18)19/h6,17H,3-5,7-8H2,1-2H3,(H,13,14). The maximum absolute atomic E-state index is 12.0. The normalized spacial score (nSPS) is 17.4. The number of amides is 1. The van der Waals surface area contributed by atoms with Gasteiger partial charge in [0.25, 0.3) is 0 Å². The number of aliphatic hydroxyl groups is 1. The maximum Gasteiger partial charge on any atom is 0.231 e. The molecule has 21 heavy (non-hydrogen) atoms. The summed E-state index contributed by atoms with van der Waals surface area (Å²) in [7, 11) is -3.35. The molecule has 0 atom stereocenters. The molecule has 0 bridgehead atoms. The average Bonchev–Trinajstić information content (AvgIpc) is 2.70. The fraction of sp³-hybridized carbons (Fsp3) is 0.667. The molecular formula is C12H19N3O4S2. The second-order valence-electron chi connectivity index (χ2n) is 5.42. The first-order chi connectivity index (χ1) is 9.71. The predicted octanol–water partition coefficient (Wildman–Crippen LogP) is 0.430. The molecule has 0 saturated carbocycles. The maximum atomic E-state index is 12.0. The van der Waals surface area contributed by atoms with Crippen molar-refractivity contribution in [3.63, 3.8) is 0 Å². The molecule has 1 aromatic heterocycles. The molecule has 0 aromatic carbocycles. The second-order valence-corrected chi connectivity index (χ2v) is 8.03. The van der Waals surface area contributed by atoms with Crippen LogP contribution in [0.5, 0.6) is 0 Å². The molecule has 1 fully saturated rings. The van der Waals surface area contributed by atoms with E-state index >= 15 is 0 Å². The zero-order valence-corrected chi connectivity index (χ0v) is 13.6. The van der Waals surface area contributed by atoms with Crippen LogP contribution in [0.2, 0.25) is 0 Å². The van der Waals surface area contributed by atoms with Crippen LogP contribution >= 0.6 is 11.3 Å². The summed E-state index contributed by atoms with van der Waals surface area (Å²) in [5, 5.41) is 12.0. The molecule has 1 aliphatic heterocycles. The number of aromatic nitrogens is 1. The number of rotatable bonds is 6. The van der Waals surface area contributed by atoms with Gasteiger partial charge in [0.15, 0.2) is 5.13 Å². The Balaban J connectivity index is 1.87. The minimum atomic E-state index is -3.35. The van der Waals surface area contributed by atoms with Gasteiger partial charge in [-0.15, -0.1) is 11.3 Å². The highest BCUT2D eigenvalue weighted by molar-refractivity contribution is 7.92. The van der Waals surface area contributed by atoms with E-state index in [1.807, 2.05) is 6.92 Å². The van der Waals surface area contributed by atoms with Crippen LogP contribution in [-0.2, 0) is 21.2 Å². The van der Waals surface area contributed by atoms with E-state index in [2.05, 4.69) is 9.71 Å². The Kier molecular flexibility index (Phi) is 4.54. The highest BCUT2D eigenvalue weighted by atomic mass is 32.2. The number of likely N-dealkylation sites (tertiary alicyclic amines) is 1. The van der Waals surface area contributed by atoms with Crippen LogP contribution in [0.15, 0.2) is 5.38 Å². The van der Waals surface area contributed by atoms with E-state index in [1.54, 1.807) is 10.3 Å². The SMILES string of the molecule is CCCC1(O)CN(C(=O)Cc2csc(NS(C)(=O)=O)n2)C1. The van der Waals surface area contributed by atoms with E-state index in [0.29, 0.717) is 25.2 Å². The first kappa shape index (κ1) is 16.2. The zero-order chi connectivity index (χ0) is 15.7. The number of hydrogen-bond acceptors (Lipinski definition) is 6. The Morgan fingerprint density at radius 1 is 1.57 bits per heavy atom. The molecule has 1 amide bonds. The highest BCUT2D eigenvalue weighted by Gasteiger charge is 2.42. The van der Waals surface area contributed by atoms with Gasteiger partial charge in [-0.3, -0.25) is 9.52 Å². The fourth-order valence-corrected chi connectivity index (χ4v) is 3.89. The predicted molar refractivity (Wildman–Crippen MR) is 80.7 cm³/mol. The number of sulfonamides is 1. The monoisotopic (exact) mass is 333 g/mol. The molecule has 0 aliphatic carbocycles. The molecule has 0 radical (unpaired) electrons. The molecule has 1 saturated heterocycles. The van der Waals surface area contributed by atoms with Crippen LogP contribution in [0, 0.1) is 0 Å². The number of β-amino-alcohol motifs (C(OH)–C–C–N with tert-alkyl or cyclic N) is 1. The lowest BCUT2D eigenvalue weighted by Crippen LogP contribution is -2.63. The summed E-state index contributed by atoms with van der Waals surface area (Å²) in [6, 6.07) is 0. The van der Waals surface area contributed by atoms with Gasteiger partial charge < -0.3 is 10.0 Å². The van der Waals surface area contributed by atoms with E-state index in [0.717, 1.165) is 24.0 Å². The van der Waals surface area contributed by atoms with Crippen molar-refractivity contribution in [2.24, 2.45) is 0 Å². The van der Waals surface area contributed by atoms with E-state index in [4.69, 9.17) is 0 Å². The summed E-state index contributed by atoms with van der Waals surface area (Å²) in [6.07, 6.45) is 2.74. The van der Waals surface area contributed by atoms with Crippen molar-refractivity contribution in [2.45, 2.75) is 31.8 Å². The number of carbonyl (C=O) groups is 1. The van der Waals surface area contributed by atoms with Crippen LogP contribution < -0.4 is 4.72 Å². The summed E-state index contributed by atoms with van der Waals surface area (Å²) < 4.78 is 24.4. The fourth-order valence-electron chi connectivity index (χ4n) is 2.32. The van der Waals surface area contributed by atoms with Crippen molar-refractivity contribution in [3.05, 3.63) is 11.1 Å². The molecule has 7 nitrogen and oxygen atoms in total. The van der Waals surface area contributed by atoms with Gasteiger partial charge in [-0.2, -0.15) is 0 Å². The van der Waals surface area contributed by atoms with E-state index in [9.17, 15) is 18.3 Å². The van der Waals surface area contributed by atoms with Crippen LogP contribution in [0.25, 0.3) is 0 Å². The number of carbonyl (C=O) groups excluding carboxylic acids is 1. The molecule has 2 heterocycles. The van der Waals surface area contributed by atoms with Gasteiger partial charge in [0.05, 0.1) is 37.1 Å². The van der Waals surface area contributed by atoms with Crippen molar-refractivity contribution < 1.29 is 18.3 Å². The molecule has 0 unspecified atom stereocenters. The molecular weight excluding hydrogens is 314 g/mol. The zero-order valence-electron chi connectivity index (χ0n) is 12.0. The van der Waals surface area contributed by atoms with Crippen LogP contribution in [0.4, 0.5) is 5.13 Å². The molecule has 0 spiro atoms. The molecule has 1 aromatic rings. The van der Waals surface area contributed by atoms with Gasteiger partial charge >= 0.3 is 0 Å². The Hall–Kier alpha value is -1.19. The summed E-state index contributed by atoms with van der Waals surface area (Å²) in [6.45, 7) is 2.71. The number of nitrogens with one attached hydrogen (secondary N) is 1. The average molecular weight is 333 g/mol. The van der Waals surface area contributed by atoms with Crippen molar-refractivity contribution in [1.82, 2.24) is 9.88 Å². The third-order valence-electron chi connectivity index (χ3n) is 3.20. The van der Waals surface area contributed by atoms with E-state index in [-0.39, 0.29) is 17.5 Å². The number of nitrogens with zero attached hydrogens (tertiary/aromatic N) is 2. The van der Waals surface area contributed by atoms with Gasteiger partial charge in [-0.05, 0) is 6.42 Å². The number of thiazole rings is 1. The smallest absolute Gasteiger partial charge is 0.231 e. The molecule has 1 aliphatic rings. The lowest BCUT2D eigenvalue weighted by molar-refractivity contribution is -0.155. The third-order valence-corrected chi connectivity index (χ3v) is 4.70. The second kappa shape index (κ2) is 5.90.